The van der Waals surface area contributed by atoms with Crippen LogP contribution in [-0.4, -0.2) is 47.2 Å². The third-order valence-electron chi connectivity index (χ3n) is 3.76. The number of hydrogen-bond acceptors (Lipinski definition) is 4. The highest BCUT2D eigenvalue weighted by atomic mass is 19.1. The van der Waals surface area contributed by atoms with Gasteiger partial charge in [-0.1, -0.05) is 0 Å². The molecule has 0 unspecified atom stereocenters. The number of aromatic nitrogens is 1. The summed E-state index contributed by atoms with van der Waals surface area (Å²) in [7, 11) is 0. The Bertz CT molecular complexity index is 428. The zero-order valence-corrected chi connectivity index (χ0v) is 10.3. The van der Waals surface area contributed by atoms with Gasteiger partial charge in [-0.05, 0) is 18.9 Å². The fourth-order valence-electron chi connectivity index (χ4n) is 2.61. The molecule has 0 atom stereocenters. The molecule has 5 heteroatoms. The Hall–Kier alpha value is -1.20. The van der Waals surface area contributed by atoms with Crippen molar-refractivity contribution in [2.45, 2.75) is 25.5 Å². The van der Waals surface area contributed by atoms with E-state index in [2.05, 4.69) is 14.8 Å². The van der Waals surface area contributed by atoms with Crippen LogP contribution < -0.4 is 4.90 Å². The van der Waals surface area contributed by atoms with Crippen LogP contribution in [0.4, 0.5) is 10.2 Å². The first-order valence-electron chi connectivity index (χ1n) is 6.52. The van der Waals surface area contributed by atoms with Crippen molar-refractivity contribution in [3.05, 3.63) is 23.6 Å². The Morgan fingerprint density at radius 1 is 1.28 bits per heavy atom. The van der Waals surface area contributed by atoms with Crippen molar-refractivity contribution in [1.29, 1.82) is 0 Å². The Morgan fingerprint density at radius 3 is 2.61 bits per heavy atom. The van der Waals surface area contributed by atoms with E-state index in [1.54, 1.807) is 0 Å². The highest BCUT2D eigenvalue weighted by molar-refractivity contribution is 5.47. The van der Waals surface area contributed by atoms with Gasteiger partial charge >= 0.3 is 0 Å². The molecule has 1 aliphatic carbocycles. The standard InChI is InChI=1S/C13H18FN3O/c14-11-7-10(9-18)13(15-8-11)17-5-3-16(4-6-17)12-1-2-12/h7-8,12,18H,1-6,9H2. The van der Waals surface area contributed by atoms with Crippen molar-refractivity contribution in [3.63, 3.8) is 0 Å². The molecule has 18 heavy (non-hydrogen) atoms. The summed E-state index contributed by atoms with van der Waals surface area (Å²) in [5, 5.41) is 9.28. The monoisotopic (exact) mass is 251 g/mol. The predicted octanol–water partition coefficient (Wildman–Crippen LogP) is 0.997. The molecule has 98 valence electrons. The van der Waals surface area contributed by atoms with Crippen LogP contribution in [0.1, 0.15) is 18.4 Å². The number of halogens is 1. The van der Waals surface area contributed by atoms with E-state index in [0.29, 0.717) is 5.56 Å². The molecule has 0 aromatic carbocycles. The molecule has 1 aliphatic heterocycles. The van der Waals surface area contributed by atoms with E-state index in [1.165, 1.54) is 25.1 Å². The van der Waals surface area contributed by atoms with Crippen LogP contribution in [-0.2, 0) is 6.61 Å². The lowest BCUT2D eigenvalue weighted by Gasteiger charge is -2.36. The van der Waals surface area contributed by atoms with Gasteiger partial charge < -0.3 is 10.0 Å². The summed E-state index contributed by atoms with van der Waals surface area (Å²) in [6.07, 6.45) is 3.88. The first kappa shape index (κ1) is 11.9. The van der Waals surface area contributed by atoms with E-state index >= 15 is 0 Å². The van der Waals surface area contributed by atoms with Crippen molar-refractivity contribution >= 4 is 5.82 Å². The smallest absolute Gasteiger partial charge is 0.142 e. The lowest BCUT2D eigenvalue weighted by atomic mass is 10.2. The summed E-state index contributed by atoms with van der Waals surface area (Å²) >= 11 is 0. The third kappa shape index (κ3) is 2.33. The molecule has 4 nitrogen and oxygen atoms in total. The molecule has 2 heterocycles. The van der Waals surface area contributed by atoms with Gasteiger partial charge in [0, 0.05) is 37.8 Å². The molecule has 1 aromatic rings. The molecule has 2 fully saturated rings. The first-order chi connectivity index (χ1) is 8.78. The molecule has 1 aromatic heterocycles. The van der Waals surface area contributed by atoms with Gasteiger partial charge in [0.15, 0.2) is 0 Å². The molecule has 1 saturated heterocycles. The van der Waals surface area contributed by atoms with Crippen molar-refractivity contribution < 1.29 is 9.50 Å². The van der Waals surface area contributed by atoms with Gasteiger partial charge in [-0.2, -0.15) is 0 Å². The fourth-order valence-corrected chi connectivity index (χ4v) is 2.61. The number of nitrogens with zero attached hydrogens (tertiary/aromatic N) is 3. The third-order valence-corrected chi connectivity index (χ3v) is 3.76. The Kier molecular flexibility index (Phi) is 3.18. The van der Waals surface area contributed by atoms with Gasteiger partial charge in [-0.25, -0.2) is 9.37 Å². The maximum Gasteiger partial charge on any atom is 0.142 e. The van der Waals surface area contributed by atoms with Crippen molar-refractivity contribution in [2.24, 2.45) is 0 Å². The lowest BCUT2D eigenvalue weighted by molar-refractivity contribution is 0.246. The summed E-state index contributed by atoms with van der Waals surface area (Å²) < 4.78 is 13.1. The van der Waals surface area contributed by atoms with Gasteiger partial charge in [0.25, 0.3) is 0 Å². The zero-order chi connectivity index (χ0) is 12.5. The Balaban J connectivity index is 1.71. The topological polar surface area (TPSA) is 39.6 Å². The second-order valence-corrected chi connectivity index (χ2v) is 5.05. The number of piperazine rings is 1. The van der Waals surface area contributed by atoms with Crippen LogP contribution >= 0.6 is 0 Å². The van der Waals surface area contributed by atoms with E-state index in [-0.39, 0.29) is 12.4 Å². The van der Waals surface area contributed by atoms with Crippen molar-refractivity contribution in [1.82, 2.24) is 9.88 Å². The van der Waals surface area contributed by atoms with Crippen LogP contribution in [0.3, 0.4) is 0 Å². The fraction of sp³-hybridized carbons (Fsp3) is 0.615. The Labute approximate surface area is 106 Å². The summed E-state index contributed by atoms with van der Waals surface area (Å²) in [5.41, 5.74) is 0.579. The highest BCUT2D eigenvalue weighted by Crippen LogP contribution is 2.28. The van der Waals surface area contributed by atoms with E-state index in [1.807, 2.05) is 0 Å². The van der Waals surface area contributed by atoms with Gasteiger partial charge in [0.05, 0.1) is 12.8 Å². The number of anilines is 1. The molecule has 0 spiro atoms. The summed E-state index contributed by atoms with van der Waals surface area (Å²) in [5.74, 6) is 0.341. The average molecular weight is 251 g/mol. The summed E-state index contributed by atoms with van der Waals surface area (Å²) in [6, 6.07) is 2.17. The zero-order valence-electron chi connectivity index (χ0n) is 10.3. The minimum absolute atomic E-state index is 0.164. The molecular formula is C13H18FN3O. The molecule has 3 rings (SSSR count). The van der Waals surface area contributed by atoms with Crippen LogP contribution in [0, 0.1) is 5.82 Å². The molecule has 0 radical (unpaired) electrons. The van der Waals surface area contributed by atoms with E-state index in [4.69, 9.17) is 0 Å². The molecule has 0 amide bonds. The van der Waals surface area contributed by atoms with Crippen LogP contribution in [0.2, 0.25) is 0 Å². The number of hydrogen-bond donors (Lipinski definition) is 1. The molecule has 1 N–H and O–H groups in total. The number of aliphatic hydroxyl groups excluding tert-OH is 1. The molecular weight excluding hydrogens is 233 g/mol. The minimum atomic E-state index is -0.389. The van der Waals surface area contributed by atoms with Gasteiger partial charge in [0.1, 0.15) is 11.6 Å². The van der Waals surface area contributed by atoms with E-state index in [0.717, 1.165) is 38.0 Å². The van der Waals surface area contributed by atoms with Gasteiger partial charge in [-0.3, -0.25) is 4.90 Å². The van der Waals surface area contributed by atoms with Gasteiger partial charge in [-0.15, -0.1) is 0 Å². The average Bonchev–Trinajstić information content (AvgIpc) is 3.23. The SMILES string of the molecule is OCc1cc(F)cnc1N1CCN(C2CC2)CC1. The first-order valence-corrected chi connectivity index (χ1v) is 6.52. The normalized spacial score (nSPS) is 21.3. The summed E-state index contributed by atoms with van der Waals surface area (Å²) in [4.78, 5) is 8.79. The van der Waals surface area contributed by atoms with Crippen LogP contribution in [0.5, 0.6) is 0 Å². The highest BCUT2D eigenvalue weighted by Gasteiger charge is 2.31. The maximum atomic E-state index is 13.1. The Morgan fingerprint density at radius 2 is 2.00 bits per heavy atom. The van der Waals surface area contributed by atoms with Crippen LogP contribution in [0.15, 0.2) is 12.3 Å². The van der Waals surface area contributed by atoms with Crippen molar-refractivity contribution in [2.75, 3.05) is 31.1 Å². The predicted molar refractivity (Wildman–Crippen MR) is 66.9 cm³/mol. The van der Waals surface area contributed by atoms with E-state index < -0.39 is 0 Å². The summed E-state index contributed by atoms with van der Waals surface area (Å²) in [6.45, 7) is 3.72. The molecule has 0 bridgehead atoms. The number of rotatable bonds is 3. The number of pyridine rings is 1. The minimum Gasteiger partial charge on any atom is -0.392 e. The quantitative estimate of drug-likeness (QED) is 0.870. The molecule has 2 aliphatic rings. The lowest BCUT2D eigenvalue weighted by Crippen LogP contribution is -2.47. The van der Waals surface area contributed by atoms with Crippen LogP contribution in [0.25, 0.3) is 0 Å². The van der Waals surface area contributed by atoms with E-state index in [9.17, 15) is 9.50 Å². The number of aliphatic hydroxyl groups is 1. The second-order valence-electron chi connectivity index (χ2n) is 5.05. The maximum absolute atomic E-state index is 13.1. The second kappa shape index (κ2) is 4.82. The van der Waals surface area contributed by atoms with Gasteiger partial charge in [0.2, 0.25) is 0 Å². The van der Waals surface area contributed by atoms with Crippen molar-refractivity contribution in [3.8, 4) is 0 Å². The largest absolute Gasteiger partial charge is 0.392 e. The molecule has 1 saturated carbocycles.